The van der Waals surface area contributed by atoms with Crippen LogP contribution in [0.4, 0.5) is 0 Å². The van der Waals surface area contributed by atoms with Crippen molar-refractivity contribution in [1.82, 2.24) is 0 Å². The van der Waals surface area contributed by atoms with E-state index < -0.39 is 12.4 Å². The van der Waals surface area contributed by atoms with Crippen LogP contribution in [-0.2, 0) is 32.2 Å². The minimum atomic E-state index is -0.825. The van der Waals surface area contributed by atoms with Crippen molar-refractivity contribution in [2.24, 2.45) is 0 Å². The summed E-state index contributed by atoms with van der Waals surface area (Å²) in [5.74, 6) is 0. The monoisotopic (exact) mass is 358 g/mol. The molecular formula is C21H26O5. The van der Waals surface area contributed by atoms with E-state index in [-0.39, 0.29) is 12.2 Å². The van der Waals surface area contributed by atoms with E-state index in [0.29, 0.717) is 26.2 Å². The number of rotatable bonds is 8. The van der Waals surface area contributed by atoms with Crippen molar-refractivity contribution < 1.29 is 24.1 Å². The van der Waals surface area contributed by atoms with E-state index in [1.54, 1.807) is 0 Å². The second-order valence-corrected chi connectivity index (χ2v) is 6.42. The van der Waals surface area contributed by atoms with Crippen LogP contribution < -0.4 is 0 Å². The lowest BCUT2D eigenvalue weighted by Crippen LogP contribution is -2.51. The molecule has 1 N–H and O–H groups in total. The van der Waals surface area contributed by atoms with E-state index in [1.165, 1.54) is 7.11 Å². The molecule has 140 valence electrons. The van der Waals surface area contributed by atoms with E-state index in [4.69, 9.17) is 18.9 Å². The molecule has 1 heterocycles. The molecule has 0 aromatic heterocycles. The van der Waals surface area contributed by atoms with Crippen molar-refractivity contribution in [3.8, 4) is 0 Å². The van der Waals surface area contributed by atoms with Crippen LogP contribution in [0.25, 0.3) is 0 Å². The van der Waals surface area contributed by atoms with Crippen LogP contribution in [0.5, 0.6) is 0 Å². The van der Waals surface area contributed by atoms with Crippen molar-refractivity contribution in [2.45, 2.75) is 44.2 Å². The summed E-state index contributed by atoms with van der Waals surface area (Å²) in [6, 6.07) is 19.9. The molecule has 26 heavy (non-hydrogen) atoms. The van der Waals surface area contributed by atoms with Gasteiger partial charge < -0.3 is 24.1 Å². The lowest BCUT2D eigenvalue weighted by Gasteiger charge is -2.38. The molecule has 1 saturated heterocycles. The maximum absolute atomic E-state index is 10.4. The Hall–Kier alpha value is -1.76. The molecule has 0 radical (unpaired) electrons. The van der Waals surface area contributed by atoms with Crippen LogP contribution in [0.2, 0.25) is 0 Å². The molecule has 0 aliphatic carbocycles. The first-order chi connectivity index (χ1) is 12.8. The van der Waals surface area contributed by atoms with E-state index in [0.717, 1.165) is 11.1 Å². The highest BCUT2D eigenvalue weighted by Gasteiger charge is 2.38. The van der Waals surface area contributed by atoms with E-state index in [1.807, 2.05) is 60.7 Å². The highest BCUT2D eigenvalue weighted by molar-refractivity contribution is 5.14. The lowest BCUT2D eigenvalue weighted by atomic mass is 10.0. The van der Waals surface area contributed by atoms with E-state index >= 15 is 0 Å². The van der Waals surface area contributed by atoms with Gasteiger partial charge in [-0.2, -0.15) is 0 Å². The lowest BCUT2D eigenvalue weighted by molar-refractivity contribution is -0.273. The fourth-order valence-corrected chi connectivity index (χ4v) is 3.03. The fourth-order valence-electron chi connectivity index (χ4n) is 3.03. The van der Waals surface area contributed by atoms with Gasteiger partial charge in [-0.1, -0.05) is 60.7 Å². The number of aliphatic hydroxyl groups excluding tert-OH is 1. The third-order valence-electron chi connectivity index (χ3n) is 4.44. The summed E-state index contributed by atoms with van der Waals surface area (Å²) in [6.45, 7) is 1.39. The summed E-state index contributed by atoms with van der Waals surface area (Å²) in [4.78, 5) is 0. The van der Waals surface area contributed by atoms with Gasteiger partial charge in [0.2, 0.25) is 0 Å². The topological polar surface area (TPSA) is 57.2 Å². The molecule has 1 aliphatic rings. The van der Waals surface area contributed by atoms with Crippen molar-refractivity contribution in [2.75, 3.05) is 13.7 Å². The Bertz CT molecular complexity index is 633. The number of hydrogen-bond donors (Lipinski definition) is 1. The minimum Gasteiger partial charge on any atom is -0.385 e. The van der Waals surface area contributed by atoms with Crippen LogP contribution in [0.15, 0.2) is 60.7 Å². The Balaban J connectivity index is 1.51. The minimum absolute atomic E-state index is 0.187. The van der Waals surface area contributed by atoms with Crippen molar-refractivity contribution in [3.63, 3.8) is 0 Å². The first kappa shape index (κ1) is 19.0. The maximum atomic E-state index is 10.4. The summed E-state index contributed by atoms with van der Waals surface area (Å²) in [5, 5.41) is 10.4. The standard InChI is InChI=1S/C21H26O5/c1-23-21-20(22)19(25-14-17-10-6-3-7-11-17)12-18(26-21)15-24-13-16-8-4-2-5-9-16/h2-11,18-22H,12-15H2,1H3/t18-,19+,20-,21-/m0/s1. The summed E-state index contributed by atoms with van der Waals surface area (Å²) >= 11 is 0. The molecule has 0 bridgehead atoms. The smallest absolute Gasteiger partial charge is 0.186 e. The average Bonchev–Trinajstić information content (AvgIpc) is 2.69. The summed E-state index contributed by atoms with van der Waals surface area (Å²) in [7, 11) is 1.52. The predicted octanol–water partition coefficient (Wildman–Crippen LogP) is 2.91. The predicted molar refractivity (Wildman–Crippen MR) is 97.4 cm³/mol. The summed E-state index contributed by atoms with van der Waals surface area (Å²) in [5.41, 5.74) is 2.18. The largest absolute Gasteiger partial charge is 0.385 e. The van der Waals surface area contributed by atoms with Gasteiger partial charge in [-0.15, -0.1) is 0 Å². The van der Waals surface area contributed by atoms with Crippen molar-refractivity contribution >= 4 is 0 Å². The molecule has 5 heteroatoms. The fraction of sp³-hybridized carbons (Fsp3) is 0.429. The molecule has 3 rings (SSSR count). The van der Waals surface area contributed by atoms with Gasteiger partial charge in [-0.05, 0) is 11.1 Å². The van der Waals surface area contributed by atoms with Gasteiger partial charge in [0.1, 0.15) is 6.10 Å². The van der Waals surface area contributed by atoms with Gasteiger partial charge in [-0.3, -0.25) is 0 Å². The van der Waals surface area contributed by atoms with Gasteiger partial charge in [0.25, 0.3) is 0 Å². The molecule has 0 spiro atoms. The van der Waals surface area contributed by atoms with Crippen LogP contribution in [-0.4, -0.2) is 43.4 Å². The Morgan fingerprint density at radius 3 is 2.19 bits per heavy atom. The Kier molecular flexibility index (Phi) is 7.17. The zero-order valence-corrected chi connectivity index (χ0v) is 15.0. The number of ether oxygens (including phenoxy) is 4. The van der Waals surface area contributed by atoms with E-state index in [9.17, 15) is 5.11 Å². The highest BCUT2D eigenvalue weighted by atomic mass is 16.7. The van der Waals surface area contributed by atoms with Gasteiger partial charge in [-0.25, -0.2) is 0 Å². The number of aliphatic hydroxyl groups is 1. The Morgan fingerprint density at radius 2 is 1.58 bits per heavy atom. The molecule has 2 aromatic carbocycles. The molecule has 0 unspecified atom stereocenters. The van der Waals surface area contributed by atoms with Gasteiger partial charge in [0.15, 0.2) is 6.29 Å². The molecule has 1 aliphatic heterocycles. The van der Waals surface area contributed by atoms with Crippen molar-refractivity contribution in [3.05, 3.63) is 71.8 Å². The molecule has 2 aromatic rings. The summed E-state index contributed by atoms with van der Waals surface area (Å²) in [6.07, 6.45) is -1.53. The second kappa shape index (κ2) is 9.80. The SMILES string of the molecule is CO[C@H]1O[C@H](COCc2ccccc2)C[C@@H](OCc2ccccc2)[C@@H]1O. The van der Waals surface area contributed by atoms with Crippen LogP contribution in [0.3, 0.4) is 0 Å². The van der Waals surface area contributed by atoms with E-state index in [2.05, 4.69) is 0 Å². The maximum Gasteiger partial charge on any atom is 0.186 e. The van der Waals surface area contributed by atoms with Gasteiger partial charge >= 0.3 is 0 Å². The zero-order chi connectivity index (χ0) is 18.2. The Labute approximate surface area is 154 Å². The number of benzene rings is 2. The third-order valence-corrected chi connectivity index (χ3v) is 4.44. The first-order valence-electron chi connectivity index (χ1n) is 8.90. The third kappa shape index (κ3) is 5.37. The molecule has 0 saturated carbocycles. The number of methoxy groups -OCH3 is 1. The first-order valence-corrected chi connectivity index (χ1v) is 8.90. The molecular weight excluding hydrogens is 332 g/mol. The van der Waals surface area contributed by atoms with Gasteiger partial charge in [0, 0.05) is 13.5 Å². The normalized spacial score (nSPS) is 25.9. The van der Waals surface area contributed by atoms with Crippen LogP contribution in [0.1, 0.15) is 17.5 Å². The summed E-state index contributed by atoms with van der Waals surface area (Å²) < 4.78 is 22.8. The van der Waals surface area contributed by atoms with Crippen LogP contribution in [0, 0.1) is 0 Å². The zero-order valence-electron chi connectivity index (χ0n) is 15.0. The number of hydrogen-bond acceptors (Lipinski definition) is 5. The average molecular weight is 358 g/mol. The molecule has 5 nitrogen and oxygen atoms in total. The van der Waals surface area contributed by atoms with Gasteiger partial charge in [0.05, 0.1) is 32.0 Å². The Morgan fingerprint density at radius 1 is 0.962 bits per heavy atom. The second-order valence-electron chi connectivity index (χ2n) is 6.42. The molecule has 4 atom stereocenters. The van der Waals surface area contributed by atoms with Crippen LogP contribution >= 0.6 is 0 Å². The van der Waals surface area contributed by atoms with Crippen molar-refractivity contribution in [1.29, 1.82) is 0 Å². The molecule has 0 amide bonds. The quantitative estimate of drug-likeness (QED) is 0.786. The molecule has 1 fully saturated rings. The highest BCUT2D eigenvalue weighted by Crippen LogP contribution is 2.25.